The summed E-state index contributed by atoms with van der Waals surface area (Å²) in [6, 6.07) is 9.45. The van der Waals surface area contributed by atoms with Crippen LogP contribution in [0, 0.1) is 0 Å². The molecule has 5 nitrogen and oxygen atoms in total. The van der Waals surface area contributed by atoms with E-state index in [9.17, 15) is 13.6 Å². The van der Waals surface area contributed by atoms with Crippen molar-refractivity contribution in [2.24, 2.45) is 0 Å². The molecule has 0 spiro atoms. The van der Waals surface area contributed by atoms with Crippen molar-refractivity contribution in [2.75, 3.05) is 5.32 Å². The van der Waals surface area contributed by atoms with E-state index in [1.807, 2.05) is 0 Å². The smallest absolute Gasteiger partial charge is 0.387 e. The molecule has 118 valence electrons. The Morgan fingerprint density at radius 1 is 1.26 bits per heavy atom. The van der Waals surface area contributed by atoms with Crippen LogP contribution in [0.15, 0.2) is 52.5 Å². The highest BCUT2D eigenvalue weighted by Gasteiger charge is 2.15. The fourth-order valence-electron chi connectivity index (χ4n) is 1.90. The minimum Gasteiger partial charge on any atom is -0.459 e. The number of hydrogen-bond donors (Lipinski definition) is 1. The molecule has 0 aliphatic rings. The van der Waals surface area contributed by atoms with Gasteiger partial charge in [-0.3, -0.25) is 10.1 Å². The maximum Gasteiger partial charge on any atom is 0.387 e. The number of amides is 1. The van der Waals surface area contributed by atoms with Crippen LogP contribution < -0.4 is 10.1 Å². The van der Waals surface area contributed by atoms with Gasteiger partial charge >= 0.3 is 6.61 Å². The second-order valence-electron chi connectivity index (χ2n) is 4.34. The largest absolute Gasteiger partial charge is 0.459 e. The van der Waals surface area contributed by atoms with E-state index in [4.69, 9.17) is 4.42 Å². The second-order valence-corrected chi connectivity index (χ2v) is 5.20. The Labute approximate surface area is 133 Å². The lowest BCUT2D eigenvalue weighted by Crippen LogP contribution is -2.10. The predicted molar refractivity (Wildman–Crippen MR) is 80.8 cm³/mol. The highest BCUT2D eigenvalue weighted by atomic mass is 32.1. The molecule has 8 heteroatoms. The molecule has 23 heavy (non-hydrogen) atoms. The molecule has 0 fully saturated rings. The van der Waals surface area contributed by atoms with Gasteiger partial charge in [-0.2, -0.15) is 8.78 Å². The molecule has 0 saturated heterocycles. The molecule has 0 radical (unpaired) electrons. The Bertz CT molecular complexity index is 803. The van der Waals surface area contributed by atoms with Crippen LogP contribution in [-0.2, 0) is 0 Å². The molecule has 0 unspecified atom stereocenters. The van der Waals surface area contributed by atoms with Crippen LogP contribution in [-0.4, -0.2) is 17.5 Å². The fraction of sp³-hybridized carbons (Fsp3) is 0.0667. The molecular weight excluding hydrogens is 326 g/mol. The molecule has 1 aromatic carbocycles. The SMILES string of the molecule is O=C(Nc1nc(-c2ccccc2OC(F)F)cs1)c1ccco1. The average Bonchev–Trinajstić information content (AvgIpc) is 3.18. The van der Waals surface area contributed by atoms with Gasteiger partial charge < -0.3 is 9.15 Å². The zero-order chi connectivity index (χ0) is 16.2. The van der Waals surface area contributed by atoms with Crippen LogP contribution in [0.1, 0.15) is 10.6 Å². The van der Waals surface area contributed by atoms with Gasteiger partial charge in [0.15, 0.2) is 10.9 Å². The monoisotopic (exact) mass is 336 g/mol. The van der Waals surface area contributed by atoms with Crippen molar-refractivity contribution < 1.29 is 22.7 Å². The van der Waals surface area contributed by atoms with Gasteiger partial charge in [0.25, 0.3) is 5.91 Å². The molecule has 2 aromatic heterocycles. The molecule has 0 aliphatic heterocycles. The van der Waals surface area contributed by atoms with Crippen molar-refractivity contribution >= 4 is 22.4 Å². The first-order valence-corrected chi connectivity index (χ1v) is 7.36. The lowest BCUT2D eigenvalue weighted by molar-refractivity contribution is -0.0494. The van der Waals surface area contributed by atoms with Gasteiger partial charge in [-0.15, -0.1) is 11.3 Å². The number of nitrogens with zero attached hydrogens (tertiary/aromatic N) is 1. The molecule has 0 aliphatic carbocycles. The maximum absolute atomic E-state index is 12.4. The highest BCUT2D eigenvalue weighted by molar-refractivity contribution is 7.14. The average molecular weight is 336 g/mol. The second kappa shape index (κ2) is 6.57. The van der Waals surface area contributed by atoms with Crippen LogP contribution in [0.4, 0.5) is 13.9 Å². The van der Waals surface area contributed by atoms with Gasteiger partial charge in [-0.25, -0.2) is 4.98 Å². The topological polar surface area (TPSA) is 64.4 Å². The van der Waals surface area contributed by atoms with Gasteiger partial charge in [-0.1, -0.05) is 12.1 Å². The molecule has 1 amide bonds. The summed E-state index contributed by atoms with van der Waals surface area (Å²) in [4.78, 5) is 16.1. The third-order valence-electron chi connectivity index (χ3n) is 2.85. The van der Waals surface area contributed by atoms with Gasteiger partial charge in [-0.05, 0) is 24.3 Å². The third-order valence-corrected chi connectivity index (χ3v) is 3.61. The van der Waals surface area contributed by atoms with Crippen molar-refractivity contribution in [1.29, 1.82) is 0 Å². The molecule has 3 rings (SSSR count). The molecular formula is C15H10F2N2O3S. The number of alkyl halides is 2. The van der Waals surface area contributed by atoms with Gasteiger partial charge in [0.2, 0.25) is 0 Å². The summed E-state index contributed by atoms with van der Waals surface area (Å²) >= 11 is 1.17. The lowest BCUT2D eigenvalue weighted by atomic mass is 10.1. The Kier molecular flexibility index (Phi) is 4.33. The lowest BCUT2D eigenvalue weighted by Gasteiger charge is -2.08. The molecule has 0 bridgehead atoms. The van der Waals surface area contributed by atoms with E-state index < -0.39 is 12.5 Å². The Hall–Kier alpha value is -2.74. The summed E-state index contributed by atoms with van der Waals surface area (Å²) in [5.74, 6) is -0.257. The van der Waals surface area contributed by atoms with Crippen LogP contribution in [0.25, 0.3) is 11.3 Å². The summed E-state index contributed by atoms with van der Waals surface area (Å²) in [7, 11) is 0. The number of para-hydroxylation sites is 1. The number of furan rings is 1. The van der Waals surface area contributed by atoms with E-state index in [1.165, 1.54) is 29.7 Å². The minimum absolute atomic E-state index is 0.0247. The Balaban J connectivity index is 1.81. The van der Waals surface area contributed by atoms with Crippen LogP contribution >= 0.6 is 11.3 Å². The Morgan fingerprint density at radius 2 is 2.09 bits per heavy atom. The van der Waals surface area contributed by atoms with Crippen molar-refractivity contribution in [3.05, 3.63) is 53.8 Å². The first kappa shape index (κ1) is 15.2. The third kappa shape index (κ3) is 3.54. The number of carbonyl (C=O) groups is 1. The molecule has 1 N–H and O–H groups in total. The van der Waals surface area contributed by atoms with E-state index >= 15 is 0 Å². The van der Waals surface area contributed by atoms with E-state index in [2.05, 4.69) is 15.0 Å². The molecule has 3 aromatic rings. The van der Waals surface area contributed by atoms with Crippen LogP contribution in [0.5, 0.6) is 5.75 Å². The highest BCUT2D eigenvalue weighted by Crippen LogP contribution is 2.33. The van der Waals surface area contributed by atoms with Gasteiger partial charge in [0.05, 0.1) is 12.0 Å². The zero-order valence-corrected chi connectivity index (χ0v) is 12.3. The normalized spacial score (nSPS) is 10.7. The fourth-order valence-corrected chi connectivity index (χ4v) is 2.60. The number of ether oxygens (including phenoxy) is 1. The maximum atomic E-state index is 12.4. The summed E-state index contributed by atoms with van der Waals surface area (Å²) in [5, 5.41) is 4.55. The standard InChI is InChI=1S/C15H10F2N2O3S/c16-14(17)22-11-5-2-1-4-9(11)10-8-23-15(18-10)19-13(20)12-6-3-7-21-12/h1-8,14H,(H,18,19,20). The predicted octanol–water partition coefficient (Wildman–Crippen LogP) is 4.26. The van der Waals surface area contributed by atoms with E-state index in [0.29, 0.717) is 16.4 Å². The zero-order valence-electron chi connectivity index (χ0n) is 11.5. The number of carbonyl (C=O) groups excluding carboxylic acids is 1. The van der Waals surface area contributed by atoms with Crippen molar-refractivity contribution in [2.45, 2.75) is 6.61 Å². The molecule has 2 heterocycles. The molecule has 0 saturated carbocycles. The Morgan fingerprint density at radius 3 is 2.83 bits per heavy atom. The van der Waals surface area contributed by atoms with Gasteiger partial charge in [0.1, 0.15) is 5.75 Å². The van der Waals surface area contributed by atoms with Crippen LogP contribution in [0.3, 0.4) is 0 Å². The number of halogens is 2. The molecule has 0 atom stereocenters. The summed E-state index contributed by atoms with van der Waals surface area (Å²) in [6.07, 6.45) is 1.39. The summed E-state index contributed by atoms with van der Waals surface area (Å²) in [5.41, 5.74) is 0.851. The van der Waals surface area contributed by atoms with E-state index in [0.717, 1.165) is 0 Å². The number of hydrogen-bond acceptors (Lipinski definition) is 5. The number of nitrogens with one attached hydrogen (secondary N) is 1. The van der Waals surface area contributed by atoms with Gasteiger partial charge in [0, 0.05) is 10.9 Å². The summed E-state index contributed by atoms with van der Waals surface area (Å²) < 4.78 is 34.3. The first-order valence-electron chi connectivity index (χ1n) is 6.48. The number of aromatic nitrogens is 1. The number of thiazole rings is 1. The van der Waals surface area contributed by atoms with Crippen molar-refractivity contribution in [3.63, 3.8) is 0 Å². The van der Waals surface area contributed by atoms with Crippen LogP contribution in [0.2, 0.25) is 0 Å². The van der Waals surface area contributed by atoms with Crippen molar-refractivity contribution in [1.82, 2.24) is 4.98 Å². The van der Waals surface area contributed by atoms with E-state index in [1.54, 1.807) is 29.6 Å². The summed E-state index contributed by atoms with van der Waals surface area (Å²) in [6.45, 7) is -2.92. The minimum atomic E-state index is -2.92. The number of benzene rings is 1. The number of anilines is 1. The number of rotatable bonds is 5. The quantitative estimate of drug-likeness (QED) is 0.756. The van der Waals surface area contributed by atoms with E-state index in [-0.39, 0.29) is 11.5 Å². The first-order chi connectivity index (χ1) is 11.1. The van der Waals surface area contributed by atoms with Crippen molar-refractivity contribution in [3.8, 4) is 17.0 Å².